The maximum absolute atomic E-state index is 12.8. The van der Waals surface area contributed by atoms with Crippen LogP contribution in [0.4, 0.5) is 4.39 Å². The first-order valence-electron chi connectivity index (χ1n) is 3.88. The Balaban J connectivity index is 3.27. The highest BCUT2D eigenvalue weighted by molar-refractivity contribution is 6.37. The summed E-state index contributed by atoms with van der Waals surface area (Å²) in [7, 11) is 0. The van der Waals surface area contributed by atoms with Crippen LogP contribution >= 0.6 is 11.6 Å². The molecule has 1 rings (SSSR count). The van der Waals surface area contributed by atoms with E-state index in [2.05, 4.69) is 0 Å². The number of hydrogen-bond donors (Lipinski definition) is 1. The molecule has 4 heteroatoms. The summed E-state index contributed by atoms with van der Waals surface area (Å²) in [4.78, 5) is 10.8. The molecule has 14 heavy (non-hydrogen) atoms. The molecule has 0 aliphatic heterocycles. The number of benzene rings is 1. The molecule has 0 amide bonds. The van der Waals surface area contributed by atoms with Crippen molar-refractivity contribution >= 4 is 23.1 Å². The van der Waals surface area contributed by atoms with Gasteiger partial charge in [-0.1, -0.05) is 23.7 Å². The molecule has 0 bridgehead atoms. The van der Waals surface area contributed by atoms with E-state index in [1.807, 2.05) is 0 Å². The van der Waals surface area contributed by atoms with Crippen LogP contribution in [-0.4, -0.2) is 11.1 Å². The molecule has 1 aromatic carbocycles. The van der Waals surface area contributed by atoms with Crippen LogP contribution in [0.3, 0.4) is 0 Å². The lowest BCUT2D eigenvalue weighted by atomic mass is 10.1. The molecule has 0 aromatic heterocycles. The van der Waals surface area contributed by atoms with E-state index in [-0.39, 0.29) is 16.2 Å². The van der Waals surface area contributed by atoms with Crippen LogP contribution in [-0.2, 0) is 4.79 Å². The van der Waals surface area contributed by atoms with E-state index in [0.29, 0.717) is 0 Å². The maximum atomic E-state index is 12.8. The lowest BCUT2D eigenvalue weighted by Crippen LogP contribution is -2.01. The summed E-state index contributed by atoms with van der Waals surface area (Å²) < 4.78 is 12.8. The zero-order valence-electron chi connectivity index (χ0n) is 7.42. The molecule has 0 heterocycles. The number of carbonyl (C=O) groups is 1. The highest BCUT2D eigenvalue weighted by Gasteiger charge is 2.13. The fraction of sp³-hybridized carbons (Fsp3) is 0.100. The fourth-order valence-electron chi connectivity index (χ4n) is 1.11. The Morgan fingerprint density at radius 1 is 1.50 bits per heavy atom. The zero-order chi connectivity index (χ0) is 10.7. The van der Waals surface area contributed by atoms with E-state index in [1.54, 1.807) is 0 Å². The third-order valence-electron chi connectivity index (χ3n) is 1.67. The van der Waals surface area contributed by atoms with Crippen molar-refractivity contribution in [1.29, 1.82) is 0 Å². The Labute approximate surface area is 85.6 Å². The second-order valence-electron chi connectivity index (χ2n) is 2.72. The van der Waals surface area contributed by atoms with Gasteiger partial charge in [0.05, 0.1) is 5.57 Å². The van der Waals surface area contributed by atoms with E-state index in [1.165, 1.54) is 25.1 Å². The van der Waals surface area contributed by atoms with Gasteiger partial charge in [0.1, 0.15) is 5.82 Å². The van der Waals surface area contributed by atoms with Crippen LogP contribution in [0.15, 0.2) is 29.3 Å². The Morgan fingerprint density at radius 2 is 2.14 bits per heavy atom. The van der Waals surface area contributed by atoms with Crippen molar-refractivity contribution in [3.05, 3.63) is 40.7 Å². The average Bonchev–Trinajstić information content (AvgIpc) is 2.02. The lowest BCUT2D eigenvalue weighted by molar-refractivity contribution is -0.130. The molecule has 0 saturated carbocycles. The zero-order valence-corrected chi connectivity index (χ0v) is 8.18. The van der Waals surface area contributed by atoms with Crippen LogP contribution in [0.5, 0.6) is 0 Å². The first-order chi connectivity index (χ1) is 6.52. The standard InChI is InChI=1S/C10H8ClFO2/c1-6(11)9(10(13)14)7-3-2-4-8(12)5-7/h2-5H,1H3,(H,13,14)/b9-6-. The molecule has 0 unspecified atom stereocenters. The van der Waals surface area contributed by atoms with Crippen molar-refractivity contribution in [2.45, 2.75) is 6.92 Å². The SMILES string of the molecule is C/C(Cl)=C(/C(=O)O)c1cccc(F)c1. The molecule has 0 aliphatic carbocycles. The largest absolute Gasteiger partial charge is 0.478 e. The molecule has 0 saturated heterocycles. The quantitative estimate of drug-likeness (QED) is 0.769. The monoisotopic (exact) mass is 214 g/mol. The van der Waals surface area contributed by atoms with Crippen LogP contribution in [0.2, 0.25) is 0 Å². The van der Waals surface area contributed by atoms with Crippen LogP contribution in [0.1, 0.15) is 12.5 Å². The Hall–Kier alpha value is -1.35. The summed E-state index contributed by atoms with van der Waals surface area (Å²) in [5.41, 5.74) is 0.191. The predicted octanol–water partition coefficient (Wildman–Crippen LogP) is 2.88. The number of halogens is 2. The summed E-state index contributed by atoms with van der Waals surface area (Å²) in [5, 5.41) is 8.95. The summed E-state index contributed by atoms with van der Waals surface area (Å²) in [6.07, 6.45) is 0. The van der Waals surface area contributed by atoms with Gasteiger partial charge in [-0.05, 0) is 24.6 Å². The molecule has 2 nitrogen and oxygen atoms in total. The molecule has 0 spiro atoms. The molecule has 1 N–H and O–H groups in total. The maximum Gasteiger partial charge on any atom is 0.337 e. The van der Waals surface area contributed by atoms with Crippen molar-refractivity contribution in [1.82, 2.24) is 0 Å². The number of aliphatic carboxylic acids is 1. The van der Waals surface area contributed by atoms with E-state index >= 15 is 0 Å². The van der Waals surface area contributed by atoms with E-state index in [0.717, 1.165) is 6.07 Å². The topological polar surface area (TPSA) is 37.3 Å². The highest BCUT2D eigenvalue weighted by Crippen LogP contribution is 2.21. The minimum Gasteiger partial charge on any atom is -0.478 e. The van der Waals surface area contributed by atoms with E-state index in [4.69, 9.17) is 16.7 Å². The molecular formula is C10H8ClFO2. The number of hydrogen-bond acceptors (Lipinski definition) is 1. The lowest BCUT2D eigenvalue weighted by Gasteiger charge is -2.03. The highest BCUT2D eigenvalue weighted by atomic mass is 35.5. The predicted molar refractivity (Wildman–Crippen MR) is 52.5 cm³/mol. The van der Waals surface area contributed by atoms with E-state index in [9.17, 15) is 9.18 Å². The Morgan fingerprint density at radius 3 is 2.57 bits per heavy atom. The van der Waals surface area contributed by atoms with Crippen molar-refractivity contribution < 1.29 is 14.3 Å². The van der Waals surface area contributed by atoms with Crippen molar-refractivity contribution in [3.8, 4) is 0 Å². The van der Waals surface area contributed by atoms with Crippen LogP contribution < -0.4 is 0 Å². The number of carboxylic acid groups (broad SMARTS) is 1. The molecule has 0 radical (unpaired) electrons. The summed E-state index contributed by atoms with van der Waals surface area (Å²) in [6.45, 7) is 1.45. The Bertz CT molecular complexity index is 395. The first kappa shape index (κ1) is 10.7. The summed E-state index contributed by atoms with van der Waals surface area (Å²) >= 11 is 5.60. The van der Waals surface area contributed by atoms with Gasteiger partial charge in [-0.15, -0.1) is 0 Å². The normalized spacial score (nSPS) is 12.2. The second-order valence-corrected chi connectivity index (χ2v) is 3.29. The minimum atomic E-state index is -1.16. The van der Waals surface area contributed by atoms with Gasteiger partial charge in [-0.25, -0.2) is 9.18 Å². The third-order valence-corrected chi connectivity index (χ3v) is 1.86. The minimum absolute atomic E-state index is 0.0776. The van der Waals surface area contributed by atoms with Crippen LogP contribution in [0, 0.1) is 5.82 Å². The molecule has 0 atom stereocenters. The van der Waals surface area contributed by atoms with Crippen molar-refractivity contribution in [2.24, 2.45) is 0 Å². The molecule has 0 fully saturated rings. The number of carboxylic acids is 1. The van der Waals surface area contributed by atoms with Gasteiger partial charge in [0.15, 0.2) is 0 Å². The molecule has 1 aromatic rings. The average molecular weight is 215 g/mol. The van der Waals surface area contributed by atoms with Gasteiger partial charge >= 0.3 is 5.97 Å². The smallest absolute Gasteiger partial charge is 0.337 e. The van der Waals surface area contributed by atoms with Gasteiger partial charge in [0.25, 0.3) is 0 Å². The number of allylic oxidation sites excluding steroid dienone is 1. The molecule has 0 aliphatic rings. The third kappa shape index (κ3) is 2.33. The second kappa shape index (κ2) is 4.24. The van der Waals surface area contributed by atoms with Gasteiger partial charge in [-0.3, -0.25) is 0 Å². The first-order valence-corrected chi connectivity index (χ1v) is 4.26. The van der Waals surface area contributed by atoms with Gasteiger partial charge in [-0.2, -0.15) is 0 Å². The van der Waals surface area contributed by atoms with Gasteiger partial charge in [0.2, 0.25) is 0 Å². The summed E-state index contributed by atoms with van der Waals surface area (Å²) in [6, 6.07) is 5.31. The fourth-order valence-corrected chi connectivity index (χ4v) is 1.30. The van der Waals surface area contributed by atoms with Crippen molar-refractivity contribution in [3.63, 3.8) is 0 Å². The van der Waals surface area contributed by atoms with Gasteiger partial charge in [0, 0.05) is 5.03 Å². The number of rotatable bonds is 2. The van der Waals surface area contributed by atoms with E-state index < -0.39 is 11.8 Å². The van der Waals surface area contributed by atoms with Gasteiger partial charge < -0.3 is 5.11 Å². The van der Waals surface area contributed by atoms with Crippen LogP contribution in [0.25, 0.3) is 5.57 Å². The molecule has 74 valence electrons. The molecular weight excluding hydrogens is 207 g/mol. The van der Waals surface area contributed by atoms with Crippen molar-refractivity contribution in [2.75, 3.05) is 0 Å². The summed E-state index contributed by atoms with van der Waals surface area (Å²) in [5.74, 6) is -1.65. The Kier molecular flexibility index (Phi) is 3.25.